The van der Waals surface area contributed by atoms with Gasteiger partial charge in [-0.2, -0.15) is 0 Å². The van der Waals surface area contributed by atoms with Crippen molar-refractivity contribution in [2.75, 3.05) is 0 Å². The van der Waals surface area contributed by atoms with Crippen LogP contribution >= 0.6 is 61.6 Å². The van der Waals surface area contributed by atoms with Gasteiger partial charge in [-0.25, -0.2) is 0 Å². The second kappa shape index (κ2) is 6.03. The van der Waals surface area contributed by atoms with Gasteiger partial charge in [-0.3, -0.25) is 0 Å². The van der Waals surface area contributed by atoms with Crippen LogP contribution in [-0.4, -0.2) is 19.2 Å². The molecule has 0 saturated carbocycles. The summed E-state index contributed by atoms with van der Waals surface area (Å²) in [6.45, 7) is 3.86. The van der Waals surface area contributed by atoms with Crippen LogP contribution in [0.3, 0.4) is 0 Å². The van der Waals surface area contributed by atoms with E-state index in [9.17, 15) is 0 Å². The maximum atomic E-state index is 3.78. The van der Waals surface area contributed by atoms with Gasteiger partial charge < -0.3 is 0 Å². The average Bonchev–Trinajstić information content (AvgIpc) is 2.67. The van der Waals surface area contributed by atoms with Gasteiger partial charge in [0.1, 0.15) is 6.67 Å². The highest BCUT2D eigenvalue weighted by molar-refractivity contribution is 14.1. The predicted molar refractivity (Wildman–Crippen MR) is 69.7 cm³/mol. The topological polar surface area (TPSA) is 51.6 Å². The van der Waals surface area contributed by atoms with Gasteiger partial charge in [0.2, 0.25) is 0 Å². The number of halogens is 2. The number of hydrogen-bond acceptors (Lipinski definition) is 6. The molecule has 0 aliphatic carbocycles. The lowest BCUT2D eigenvalue weighted by atomic mass is 10.6. The molecule has 8 heteroatoms. The van der Waals surface area contributed by atoms with Crippen molar-refractivity contribution in [3.63, 3.8) is 0 Å². The van der Waals surface area contributed by atoms with Crippen molar-refractivity contribution < 1.29 is 0 Å². The average molecular weight is 405 g/mol. The Morgan fingerprint density at radius 1 is 1.07 bits per heavy atom. The zero-order valence-corrected chi connectivity index (χ0v) is 12.7. The fraction of sp³-hybridized carbons (Fsp3) is 0.333. The molecule has 0 aromatic carbocycles. The predicted octanol–water partition coefficient (Wildman–Crippen LogP) is 3.06. The standard InChI is InChI=1S/C3H3BrN2S.C3H3IN2S/c2*1-2-3(4)7-6-5-2/h2*1H3. The summed E-state index contributed by atoms with van der Waals surface area (Å²) < 4.78 is 9.57. The van der Waals surface area contributed by atoms with Crippen molar-refractivity contribution in [3.8, 4) is 0 Å². The van der Waals surface area contributed by atoms with Crippen LogP contribution in [0, 0.1) is 16.7 Å². The van der Waals surface area contributed by atoms with Gasteiger partial charge >= 0.3 is 0 Å². The fourth-order valence-electron chi connectivity index (χ4n) is 0.446. The third-order valence-electron chi connectivity index (χ3n) is 1.19. The van der Waals surface area contributed by atoms with E-state index in [1.54, 1.807) is 0 Å². The minimum atomic E-state index is 0.963. The minimum absolute atomic E-state index is 0.963. The zero-order valence-electron chi connectivity index (χ0n) is 7.36. The Balaban J connectivity index is 0.000000140. The molecule has 2 heterocycles. The minimum Gasteiger partial charge on any atom is -0.142 e. The molecule has 0 aliphatic heterocycles. The summed E-state index contributed by atoms with van der Waals surface area (Å²) in [6.07, 6.45) is 0. The van der Waals surface area contributed by atoms with E-state index < -0.39 is 0 Å². The van der Waals surface area contributed by atoms with E-state index in [0.717, 1.165) is 15.2 Å². The monoisotopic (exact) mass is 404 g/mol. The largest absolute Gasteiger partial charge is 0.142 e. The van der Waals surface area contributed by atoms with Crippen molar-refractivity contribution >= 4 is 61.6 Å². The second-order valence-corrected chi connectivity index (χ2v) is 6.90. The number of aromatic nitrogens is 4. The normalized spacial score (nSPS) is 9.43. The van der Waals surface area contributed by atoms with Gasteiger partial charge in [-0.05, 0) is 75.4 Å². The molecule has 14 heavy (non-hydrogen) atoms. The summed E-state index contributed by atoms with van der Waals surface area (Å²) in [7, 11) is 0. The Kier molecular flexibility index (Phi) is 5.34. The van der Waals surface area contributed by atoms with Gasteiger partial charge in [0.05, 0.1) is 11.4 Å². The van der Waals surface area contributed by atoms with Crippen LogP contribution in [0.5, 0.6) is 0 Å². The van der Waals surface area contributed by atoms with Crippen LogP contribution in [0.15, 0.2) is 3.79 Å². The van der Waals surface area contributed by atoms with E-state index >= 15 is 0 Å². The molecule has 0 N–H and O–H groups in total. The molecule has 76 valence electrons. The van der Waals surface area contributed by atoms with E-state index in [4.69, 9.17) is 0 Å². The molecule has 0 amide bonds. The number of nitrogens with zero attached hydrogens (tertiary/aromatic N) is 4. The molecule has 0 bridgehead atoms. The first-order valence-electron chi connectivity index (χ1n) is 3.50. The van der Waals surface area contributed by atoms with Crippen LogP contribution in [0.25, 0.3) is 0 Å². The van der Waals surface area contributed by atoms with Crippen molar-refractivity contribution in [3.05, 3.63) is 18.1 Å². The highest BCUT2D eigenvalue weighted by Crippen LogP contribution is 2.15. The molecule has 0 radical (unpaired) electrons. The Labute approximate surface area is 112 Å². The fourth-order valence-corrected chi connectivity index (χ4v) is 1.91. The third-order valence-corrected chi connectivity index (χ3v) is 4.81. The van der Waals surface area contributed by atoms with Crippen molar-refractivity contribution in [1.29, 1.82) is 0 Å². The van der Waals surface area contributed by atoms with Crippen molar-refractivity contribution in [1.82, 2.24) is 19.2 Å². The Morgan fingerprint density at radius 2 is 1.64 bits per heavy atom. The Hall–Kier alpha value is 0.330. The molecular formula is C6H6BrIN4S2. The van der Waals surface area contributed by atoms with E-state index in [1.165, 1.54) is 25.9 Å². The summed E-state index contributed by atoms with van der Waals surface area (Å²) in [6, 6.07) is 0. The van der Waals surface area contributed by atoms with E-state index in [1.807, 2.05) is 13.8 Å². The molecule has 0 fully saturated rings. The van der Waals surface area contributed by atoms with Gasteiger partial charge in [-0.15, -0.1) is 10.2 Å². The second-order valence-electron chi connectivity index (χ2n) is 2.26. The number of aryl methyl sites for hydroxylation is 2. The zero-order chi connectivity index (χ0) is 10.6. The molecule has 2 rings (SSSR count). The first-order valence-corrected chi connectivity index (χ1v) is 6.92. The quantitative estimate of drug-likeness (QED) is 0.633. The maximum Gasteiger partial charge on any atom is 0.114 e. The van der Waals surface area contributed by atoms with Crippen LogP contribution in [0.2, 0.25) is 0 Å². The van der Waals surface area contributed by atoms with Crippen LogP contribution < -0.4 is 0 Å². The first kappa shape index (κ1) is 12.4. The highest BCUT2D eigenvalue weighted by atomic mass is 127. The van der Waals surface area contributed by atoms with Crippen LogP contribution in [-0.2, 0) is 0 Å². The van der Waals surface area contributed by atoms with Gasteiger partial charge in [0, 0.05) is 0 Å². The third kappa shape index (κ3) is 3.83. The lowest BCUT2D eigenvalue weighted by Gasteiger charge is -1.72. The highest BCUT2D eigenvalue weighted by Gasteiger charge is 1.94. The summed E-state index contributed by atoms with van der Waals surface area (Å²) in [4.78, 5) is 0. The lowest BCUT2D eigenvalue weighted by Crippen LogP contribution is -1.69. The SMILES string of the molecule is Cc1nnsc1Br.Cc1nnsc1I. The molecule has 0 atom stereocenters. The van der Waals surface area contributed by atoms with Crippen molar-refractivity contribution in [2.24, 2.45) is 0 Å². The van der Waals surface area contributed by atoms with Crippen molar-refractivity contribution in [2.45, 2.75) is 13.8 Å². The summed E-state index contributed by atoms with van der Waals surface area (Å²) in [5.74, 6) is 0. The Bertz CT molecular complexity index is 331. The first-order chi connectivity index (χ1) is 6.61. The van der Waals surface area contributed by atoms with Crippen LogP contribution in [0.4, 0.5) is 0 Å². The molecule has 0 saturated heterocycles. The van der Waals surface area contributed by atoms with E-state index in [-0.39, 0.29) is 0 Å². The number of rotatable bonds is 0. The number of hydrogen-bond donors (Lipinski definition) is 0. The molecule has 0 unspecified atom stereocenters. The van der Waals surface area contributed by atoms with Crippen LogP contribution in [0.1, 0.15) is 11.4 Å². The molecule has 4 nitrogen and oxygen atoms in total. The van der Waals surface area contributed by atoms with Gasteiger partial charge in [0.15, 0.2) is 0 Å². The Morgan fingerprint density at radius 3 is 1.79 bits per heavy atom. The van der Waals surface area contributed by atoms with E-state index in [0.29, 0.717) is 0 Å². The molecule has 0 aliphatic rings. The van der Waals surface area contributed by atoms with Gasteiger partial charge in [-0.1, -0.05) is 8.98 Å². The smallest absolute Gasteiger partial charge is 0.114 e. The molecular weight excluding hydrogens is 399 g/mol. The summed E-state index contributed by atoms with van der Waals surface area (Å²) in [5, 5.41) is 7.52. The molecule has 2 aromatic heterocycles. The van der Waals surface area contributed by atoms with Gasteiger partial charge in [0.25, 0.3) is 0 Å². The molecule has 0 spiro atoms. The molecule has 2 aromatic rings. The summed E-state index contributed by atoms with van der Waals surface area (Å²) in [5.41, 5.74) is 2.00. The summed E-state index contributed by atoms with van der Waals surface area (Å²) >= 11 is 8.26. The lowest BCUT2D eigenvalue weighted by molar-refractivity contribution is 1.08. The maximum absolute atomic E-state index is 3.78. The van der Waals surface area contributed by atoms with E-state index in [2.05, 4.69) is 57.7 Å².